The number of amides is 1. The van der Waals surface area contributed by atoms with E-state index >= 15 is 0 Å². The van der Waals surface area contributed by atoms with Gasteiger partial charge in [0.2, 0.25) is 0 Å². The minimum atomic E-state index is -0.139. The quantitative estimate of drug-likeness (QED) is 0.794. The number of benzene rings is 1. The number of nitrogen functional groups attached to an aromatic ring is 1. The van der Waals surface area contributed by atoms with E-state index in [4.69, 9.17) is 10.5 Å². The third-order valence-corrected chi connectivity index (χ3v) is 3.49. The predicted octanol–water partition coefficient (Wildman–Crippen LogP) is 2.07. The molecule has 1 amide bonds. The van der Waals surface area contributed by atoms with Gasteiger partial charge in [-0.15, -0.1) is 11.3 Å². The molecule has 1 aromatic carbocycles. The van der Waals surface area contributed by atoms with Crippen LogP contribution in [0, 0.1) is 0 Å². The summed E-state index contributed by atoms with van der Waals surface area (Å²) in [5, 5.41) is 4.84. The molecule has 0 radical (unpaired) electrons. The van der Waals surface area contributed by atoms with Gasteiger partial charge in [-0.25, -0.2) is 0 Å². The molecule has 1 aromatic heterocycles. The van der Waals surface area contributed by atoms with Gasteiger partial charge in [0.1, 0.15) is 5.75 Å². The highest BCUT2D eigenvalue weighted by Gasteiger charge is 2.04. The molecular weight excluding hydrogens is 260 g/mol. The second-order valence-corrected chi connectivity index (χ2v) is 5.04. The zero-order valence-corrected chi connectivity index (χ0v) is 11.3. The van der Waals surface area contributed by atoms with Gasteiger partial charge in [-0.1, -0.05) is 18.2 Å². The third kappa shape index (κ3) is 4.30. The van der Waals surface area contributed by atoms with Crippen molar-refractivity contribution in [1.82, 2.24) is 5.32 Å². The number of rotatable bonds is 6. The maximum absolute atomic E-state index is 11.6. The molecule has 5 heteroatoms. The Kier molecular flexibility index (Phi) is 4.80. The summed E-state index contributed by atoms with van der Waals surface area (Å²) in [7, 11) is 0. The molecule has 0 fully saturated rings. The average molecular weight is 276 g/mol. The number of thiophene rings is 1. The highest BCUT2D eigenvalue weighted by atomic mass is 32.1. The van der Waals surface area contributed by atoms with Crippen molar-refractivity contribution >= 4 is 22.9 Å². The minimum Gasteiger partial charge on any atom is -0.482 e. The summed E-state index contributed by atoms with van der Waals surface area (Å²) in [6.07, 6.45) is 0.844. The first kappa shape index (κ1) is 13.4. The van der Waals surface area contributed by atoms with Gasteiger partial charge < -0.3 is 15.8 Å². The van der Waals surface area contributed by atoms with Crippen LogP contribution in [0.3, 0.4) is 0 Å². The van der Waals surface area contributed by atoms with Crippen LogP contribution in [-0.4, -0.2) is 19.1 Å². The summed E-state index contributed by atoms with van der Waals surface area (Å²) >= 11 is 1.69. The Balaban J connectivity index is 1.69. The first-order valence-electron chi connectivity index (χ1n) is 6.02. The van der Waals surface area contributed by atoms with Crippen LogP contribution >= 0.6 is 11.3 Å². The predicted molar refractivity (Wildman–Crippen MR) is 77.4 cm³/mol. The zero-order valence-electron chi connectivity index (χ0n) is 10.5. The third-order valence-electron chi connectivity index (χ3n) is 2.55. The Morgan fingerprint density at radius 3 is 2.84 bits per heavy atom. The molecule has 0 aliphatic rings. The molecule has 0 saturated heterocycles. The molecule has 0 spiro atoms. The normalized spacial score (nSPS) is 10.1. The molecule has 19 heavy (non-hydrogen) atoms. The van der Waals surface area contributed by atoms with Crippen LogP contribution in [0.2, 0.25) is 0 Å². The topological polar surface area (TPSA) is 64.3 Å². The molecule has 0 atom stereocenters. The summed E-state index contributed by atoms with van der Waals surface area (Å²) in [4.78, 5) is 12.8. The molecule has 4 nitrogen and oxygen atoms in total. The Bertz CT molecular complexity index is 526. The Morgan fingerprint density at radius 1 is 1.26 bits per heavy atom. The lowest BCUT2D eigenvalue weighted by molar-refractivity contribution is -0.123. The number of hydrogen-bond acceptors (Lipinski definition) is 4. The SMILES string of the molecule is Nc1ccccc1OCC(=O)NCCc1cccs1. The Labute approximate surface area is 116 Å². The van der Waals surface area contributed by atoms with Crippen molar-refractivity contribution in [2.45, 2.75) is 6.42 Å². The van der Waals surface area contributed by atoms with Crippen molar-refractivity contribution in [3.05, 3.63) is 46.7 Å². The number of carbonyl (C=O) groups excluding carboxylic acids is 1. The number of hydrogen-bond donors (Lipinski definition) is 2. The molecule has 2 rings (SSSR count). The van der Waals surface area contributed by atoms with Crippen LogP contribution in [0.1, 0.15) is 4.88 Å². The van der Waals surface area contributed by atoms with E-state index in [0.717, 1.165) is 6.42 Å². The molecule has 3 N–H and O–H groups in total. The van der Waals surface area contributed by atoms with Crippen molar-refractivity contribution < 1.29 is 9.53 Å². The number of para-hydroxylation sites is 2. The molecule has 100 valence electrons. The summed E-state index contributed by atoms with van der Waals surface area (Å²) in [5.74, 6) is 0.399. The van der Waals surface area contributed by atoms with Gasteiger partial charge in [0, 0.05) is 11.4 Å². The Morgan fingerprint density at radius 2 is 2.11 bits per heavy atom. The first-order valence-corrected chi connectivity index (χ1v) is 6.90. The van der Waals surface area contributed by atoms with Gasteiger partial charge in [0.05, 0.1) is 5.69 Å². The summed E-state index contributed by atoms with van der Waals surface area (Å²) in [5.41, 5.74) is 6.25. The zero-order chi connectivity index (χ0) is 13.5. The fourth-order valence-electron chi connectivity index (χ4n) is 1.59. The Hall–Kier alpha value is -2.01. The van der Waals surface area contributed by atoms with Gasteiger partial charge in [-0.3, -0.25) is 4.79 Å². The fraction of sp³-hybridized carbons (Fsp3) is 0.214. The van der Waals surface area contributed by atoms with E-state index in [9.17, 15) is 4.79 Å². The fourth-order valence-corrected chi connectivity index (χ4v) is 2.30. The monoisotopic (exact) mass is 276 g/mol. The van der Waals surface area contributed by atoms with E-state index < -0.39 is 0 Å². The van der Waals surface area contributed by atoms with Crippen LogP contribution in [0.5, 0.6) is 5.75 Å². The maximum Gasteiger partial charge on any atom is 0.257 e. The summed E-state index contributed by atoms with van der Waals surface area (Å²) in [6.45, 7) is 0.603. The van der Waals surface area contributed by atoms with E-state index in [0.29, 0.717) is 18.0 Å². The van der Waals surface area contributed by atoms with Gasteiger partial charge in [-0.05, 0) is 30.0 Å². The molecule has 0 unspecified atom stereocenters. The summed E-state index contributed by atoms with van der Waals surface area (Å²) < 4.78 is 5.35. The van der Waals surface area contributed by atoms with Crippen molar-refractivity contribution in [2.75, 3.05) is 18.9 Å². The lowest BCUT2D eigenvalue weighted by Crippen LogP contribution is -2.30. The van der Waals surface area contributed by atoms with Crippen LogP contribution in [-0.2, 0) is 11.2 Å². The van der Waals surface area contributed by atoms with Gasteiger partial charge in [0.25, 0.3) is 5.91 Å². The second-order valence-electron chi connectivity index (χ2n) is 4.01. The number of nitrogens with one attached hydrogen (secondary N) is 1. The number of ether oxygens (including phenoxy) is 1. The van der Waals surface area contributed by atoms with E-state index in [-0.39, 0.29) is 12.5 Å². The molecule has 0 aliphatic heterocycles. The molecule has 0 bridgehead atoms. The van der Waals surface area contributed by atoms with Crippen molar-refractivity contribution in [1.29, 1.82) is 0 Å². The van der Waals surface area contributed by atoms with Crippen LogP contribution in [0.25, 0.3) is 0 Å². The average Bonchev–Trinajstić information content (AvgIpc) is 2.91. The van der Waals surface area contributed by atoms with Crippen LogP contribution in [0.15, 0.2) is 41.8 Å². The molecule has 2 aromatic rings. The number of nitrogens with two attached hydrogens (primary N) is 1. The molecule has 0 saturated carbocycles. The van der Waals surface area contributed by atoms with Gasteiger partial charge in [-0.2, -0.15) is 0 Å². The van der Waals surface area contributed by atoms with E-state index in [1.54, 1.807) is 23.5 Å². The van der Waals surface area contributed by atoms with E-state index in [2.05, 4.69) is 11.4 Å². The first-order chi connectivity index (χ1) is 9.25. The van der Waals surface area contributed by atoms with E-state index in [1.807, 2.05) is 23.6 Å². The minimum absolute atomic E-state index is 0.0152. The lowest BCUT2D eigenvalue weighted by Gasteiger charge is -2.08. The van der Waals surface area contributed by atoms with Crippen molar-refractivity contribution in [3.63, 3.8) is 0 Å². The largest absolute Gasteiger partial charge is 0.482 e. The molecule has 0 aliphatic carbocycles. The molecule has 1 heterocycles. The van der Waals surface area contributed by atoms with Gasteiger partial charge >= 0.3 is 0 Å². The maximum atomic E-state index is 11.6. The highest BCUT2D eigenvalue weighted by Crippen LogP contribution is 2.19. The van der Waals surface area contributed by atoms with E-state index in [1.165, 1.54) is 4.88 Å². The van der Waals surface area contributed by atoms with Crippen molar-refractivity contribution in [2.24, 2.45) is 0 Å². The van der Waals surface area contributed by atoms with Crippen LogP contribution in [0.4, 0.5) is 5.69 Å². The van der Waals surface area contributed by atoms with Crippen LogP contribution < -0.4 is 15.8 Å². The highest BCUT2D eigenvalue weighted by molar-refractivity contribution is 7.09. The summed E-state index contributed by atoms with van der Waals surface area (Å²) in [6, 6.07) is 11.2. The lowest BCUT2D eigenvalue weighted by atomic mass is 10.3. The number of anilines is 1. The smallest absolute Gasteiger partial charge is 0.257 e. The standard InChI is InChI=1S/C14H16N2O2S/c15-12-5-1-2-6-13(12)18-10-14(17)16-8-7-11-4-3-9-19-11/h1-6,9H,7-8,10,15H2,(H,16,17). The number of carbonyl (C=O) groups is 1. The van der Waals surface area contributed by atoms with Gasteiger partial charge in [0.15, 0.2) is 6.61 Å². The second kappa shape index (κ2) is 6.80. The van der Waals surface area contributed by atoms with Crippen molar-refractivity contribution in [3.8, 4) is 5.75 Å². The molecular formula is C14H16N2O2S.